The molecule has 4 heteroatoms. The van der Waals surface area contributed by atoms with Crippen LogP contribution in [0.25, 0.3) is 0 Å². The van der Waals surface area contributed by atoms with Crippen molar-refractivity contribution in [3.8, 4) is 0 Å². The SMILES string of the molecule is CCCn1nccc1NC(C)=O. The molecule has 1 heterocycles. The van der Waals surface area contributed by atoms with Gasteiger partial charge in [-0.2, -0.15) is 5.10 Å². The molecule has 4 nitrogen and oxygen atoms in total. The van der Waals surface area contributed by atoms with E-state index in [1.807, 2.05) is 0 Å². The molecule has 0 saturated heterocycles. The first kappa shape index (κ1) is 8.77. The third-order valence-electron chi connectivity index (χ3n) is 1.46. The third kappa shape index (κ3) is 2.08. The van der Waals surface area contributed by atoms with E-state index in [0.29, 0.717) is 0 Å². The van der Waals surface area contributed by atoms with Crippen molar-refractivity contribution in [3.63, 3.8) is 0 Å². The minimum Gasteiger partial charge on any atom is -0.311 e. The summed E-state index contributed by atoms with van der Waals surface area (Å²) < 4.78 is 1.78. The van der Waals surface area contributed by atoms with E-state index in [1.54, 1.807) is 16.9 Å². The van der Waals surface area contributed by atoms with Gasteiger partial charge in [-0.05, 0) is 6.42 Å². The number of carbonyl (C=O) groups is 1. The molecule has 1 aromatic rings. The average molecular weight is 167 g/mol. The average Bonchev–Trinajstić information content (AvgIpc) is 2.37. The summed E-state index contributed by atoms with van der Waals surface area (Å²) in [5.41, 5.74) is 0. The maximum Gasteiger partial charge on any atom is 0.222 e. The molecule has 0 fully saturated rings. The van der Waals surface area contributed by atoms with Crippen molar-refractivity contribution in [2.45, 2.75) is 26.8 Å². The Morgan fingerprint density at radius 3 is 3.08 bits per heavy atom. The number of aromatic nitrogens is 2. The molecule has 0 aliphatic carbocycles. The van der Waals surface area contributed by atoms with Crippen LogP contribution in [0.4, 0.5) is 5.82 Å². The first-order valence-corrected chi connectivity index (χ1v) is 4.03. The second-order valence-electron chi connectivity index (χ2n) is 2.62. The molecule has 0 aromatic carbocycles. The highest BCUT2D eigenvalue weighted by Crippen LogP contribution is 2.05. The zero-order valence-corrected chi connectivity index (χ0v) is 7.37. The highest BCUT2D eigenvalue weighted by atomic mass is 16.1. The smallest absolute Gasteiger partial charge is 0.222 e. The van der Waals surface area contributed by atoms with Gasteiger partial charge in [-0.15, -0.1) is 0 Å². The number of nitrogens with one attached hydrogen (secondary N) is 1. The molecule has 0 unspecified atom stereocenters. The number of hydrogen-bond donors (Lipinski definition) is 1. The summed E-state index contributed by atoms with van der Waals surface area (Å²) in [6.07, 6.45) is 2.69. The molecule has 0 atom stereocenters. The molecule has 1 rings (SSSR count). The molecule has 0 radical (unpaired) electrons. The predicted molar refractivity (Wildman–Crippen MR) is 46.8 cm³/mol. The van der Waals surface area contributed by atoms with Gasteiger partial charge < -0.3 is 5.32 Å². The van der Waals surface area contributed by atoms with E-state index < -0.39 is 0 Å². The van der Waals surface area contributed by atoms with Crippen LogP contribution in [0.1, 0.15) is 20.3 Å². The molecule has 0 saturated carbocycles. The zero-order valence-electron chi connectivity index (χ0n) is 7.37. The summed E-state index contributed by atoms with van der Waals surface area (Å²) >= 11 is 0. The standard InChI is InChI=1S/C8H13N3O/c1-3-6-11-8(4-5-9-11)10-7(2)12/h4-5H,3,6H2,1-2H3,(H,10,12). The Kier molecular flexibility index (Phi) is 2.85. The number of hydrogen-bond acceptors (Lipinski definition) is 2. The van der Waals surface area contributed by atoms with E-state index in [4.69, 9.17) is 0 Å². The van der Waals surface area contributed by atoms with Gasteiger partial charge in [0.2, 0.25) is 5.91 Å². The molecule has 0 aliphatic heterocycles. The Labute approximate surface area is 71.6 Å². The van der Waals surface area contributed by atoms with E-state index in [1.165, 1.54) is 6.92 Å². The van der Waals surface area contributed by atoms with Crippen LogP contribution in [0.5, 0.6) is 0 Å². The van der Waals surface area contributed by atoms with Crippen molar-refractivity contribution in [3.05, 3.63) is 12.3 Å². The normalized spacial score (nSPS) is 9.83. The van der Waals surface area contributed by atoms with Gasteiger partial charge in [-0.1, -0.05) is 6.92 Å². The van der Waals surface area contributed by atoms with Gasteiger partial charge in [0.05, 0.1) is 6.20 Å². The second kappa shape index (κ2) is 3.90. The third-order valence-corrected chi connectivity index (χ3v) is 1.46. The molecule has 1 amide bonds. The van der Waals surface area contributed by atoms with Crippen LogP contribution in [0.2, 0.25) is 0 Å². The van der Waals surface area contributed by atoms with Gasteiger partial charge in [0.25, 0.3) is 0 Å². The Balaban J connectivity index is 2.69. The summed E-state index contributed by atoms with van der Waals surface area (Å²) in [6, 6.07) is 1.79. The lowest BCUT2D eigenvalue weighted by Gasteiger charge is -2.04. The number of nitrogens with zero attached hydrogens (tertiary/aromatic N) is 2. The first-order valence-electron chi connectivity index (χ1n) is 4.03. The number of rotatable bonds is 3. The van der Waals surface area contributed by atoms with Crippen LogP contribution in [0.15, 0.2) is 12.3 Å². The van der Waals surface area contributed by atoms with E-state index in [0.717, 1.165) is 18.8 Å². The van der Waals surface area contributed by atoms with Crippen molar-refractivity contribution in [2.75, 3.05) is 5.32 Å². The summed E-state index contributed by atoms with van der Waals surface area (Å²) in [4.78, 5) is 10.7. The molecular formula is C8H13N3O. The quantitative estimate of drug-likeness (QED) is 0.736. The highest BCUT2D eigenvalue weighted by Gasteiger charge is 2.01. The fraction of sp³-hybridized carbons (Fsp3) is 0.500. The minimum atomic E-state index is -0.0622. The van der Waals surface area contributed by atoms with Gasteiger partial charge in [-0.3, -0.25) is 4.79 Å². The van der Waals surface area contributed by atoms with Gasteiger partial charge in [-0.25, -0.2) is 4.68 Å². The van der Waals surface area contributed by atoms with Crippen LogP contribution in [0.3, 0.4) is 0 Å². The molecule has 0 spiro atoms. The predicted octanol–water partition coefficient (Wildman–Crippen LogP) is 1.25. The Bertz CT molecular complexity index is 267. The van der Waals surface area contributed by atoms with Crippen LogP contribution < -0.4 is 5.32 Å². The highest BCUT2D eigenvalue weighted by molar-refractivity contribution is 5.87. The fourth-order valence-corrected chi connectivity index (χ4v) is 1.01. The van der Waals surface area contributed by atoms with E-state index >= 15 is 0 Å². The Morgan fingerprint density at radius 2 is 2.50 bits per heavy atom. The lowest BCUT2D eigenvalue weighted by atomic mass is 10.5. The largest absolute Gasteiger partial charge is 0.311 e. The van der Waals surface area contributed by atoms with Crippen molar-refractivity contribution in [1.29, 1.82) is 0 Å². The number of carbonyl (C=O) groups excluding carboxylic acids is 1. The Hall–Kier alpha value is -1.32. The Morgan fingerprint density at radius 1 is 1.75 bits per heavy atom. The topological polar surface area (TPSA) is 46.9 Å². The lowest BCUT2D eigenvalue weighted by molar-refractivity contribution is -0.114. The second-order valence-corrected chi connectivity index (χ2v) is 2.62. The van der Waals surface area contributed by atoms with Gasteiger partial charge in [0.1, 0.15) is 5.82 Å². The lowest BCUT2D eigenvalue weighted by Crippen LogP contribution is -2.11. The summed E-state index contributed by atoms with van der Waals surface area (Å²) in [7, 11) is 0. The number of anilines is 1. The summed E-state index contributed by atoms with van der Waals surface area (Å²) in [6.45, 7) is 4.39. The van der Waals surface area contributed by atoms with Crippen molar-refractivity contribution < 1.29 is 4.79 Å². The molecule has 1 N–H and O–H groups in total. The van der Waals surface area contributed by atoms with Crippen LogP contribution in [0, 0.1) is 0 Å². The molecule has 0 aliphatic rings. The number of aryl methyl sites for hydroxylation is 1. The fourth-order valence-electron chi connectivity index (χ4n) is 1.01. The zero-order chi connectivity index (χ0) is 8.97. The van der Waals surface area contributed by atoms with E-state index in [-0.39, 0.29) is 5.91 Å². The van der Waals surface area contributed by atoms with E-state index in [2.05, 4.69) is 17.3 Å². The van der Waals surface area contributed by atoms with Crippen molar-refractivity contribution >= 4 is 11.7 Å². The van der Waals surface area contributed by atoms with Gasteiger partial charge in [0, 0.05) is 19.5 Å². The van der Waals surface area contributed by atoms with Crippen LogP contribution >= 0.6 is 0 Å². The first-order chi connectivity index (χ1) is 5.74. The minimum absolute atomic E-state index is 0.0622. The maximum atomic E-state index is 10.7. The van der Waals surface area contributed by atoms with Gasteiger partial charge >= 0.3 is 0 Å². The van der Waals surface area contributed by atoms with Crippen molar-refractivity contribution in [2.24, 2.45) is 0 Å². The van der Waals surface area contributed by atoms with E-state index in [9.17, 15) is 4.79 Å². The van der Waals surface area contributed by atoms with Crippen LogP contribution in [-0.4, -0.2) is 15.7 Å². The molecular weight excluding hydrogens is 154 g/mol. The monoisotopic (exact) mass is 167 g/mol. The molecule has 1 aromatic heterocycles. The molecule has 12 heavy (non-hydrogen) atoms. The maximum absolute atomic E-state index is 10.7. The van der Waals surface area contributed by atoms with Crippen molar-refractivity contribution in [1.82, 2.24) is 9.78 Å². The van der Waals surface area contributed by atoms with Gasteiger partial charge in [0.15, 0.2) is 0 Å². The summed E-state index contributed by atoms with van der Waals surface area (Å²) in [5.74, 6) is 0.706. The molecule has 0 bridgehead atoms. The van der Waals surface area contributed by atoms with Crippen LogP contribution in [-0.2, 0) is 11.3 Å². The number of amides is 1. The molecule has 66 valence electrons. The summed E-state index contributed by atoms with van der Waals surface area (Å²) in [5, 5.41) is 6.76.